The number of carbonyl (C=O) groups is 1. The average molecular weight is 352 g/mol. The lowest BCUT2D eigenvalue weighted by atomic mass is 10.2. The second-order valence-corrected chi connectivity index (χ2v) is 6.12. The smallest absolute Gasteiger partial charge is 0.319 e. The van der Waals surface area contributed by atoms with E-state index in [1.54, 1.807) is 7.11 Å². The Morgan fingerprint density at radius 2 is 1.88 bits per heavy atom. The zero-order chi connectivity index (χ0) is 18.2. The first kappa shape index (κ1) is 17.8. The fourth-order valence-corrected chi connectivity index (χ4v) is 2.77. The monoisotopic (exact) mass is 352 g/mol. The molecule has 0 unspecified atom stereocenters. The number of unbranched alkanes of at least 4 members (excludes halogenated alkanes) is 2. The summed E-state index contributed by atoms with van der Waals surface area (Å²) in [6.45, 7) is 0.655. The predicted octanol–water partition coefficient (Wildman–Crippen LogP) is 4.11. The van der Waals surface area contributed by atoms with Crippen molar-refractivity contribution in [1.29, 1.82) is 0 Å². The van der Waals surface area contributed by atoms with Crippen molar-refractivity contribution in [3.63, 3.8) is 0 Å². The lowest BCUT2D eigenvalue weighted by molar-refractivity contribution is 0.252. The number of aromatic nitrogens is 2. The number of methoxy groups -OCH3 is 1. The van der Waals surface area contributed by atoms with E-state index in [1.165, 1.54) is 0 Å². The Labute approximate surface area is 153 Å². The number of ether oxygens (including phenoxy) is 1. The maximum absolute atomic E-state index is 11.9. The fourth-order valence-electron chi connectivity index (χ4n) is 2.77. The summed E-state index contributed by atoms with van der Waals surface area (Å²) in [7, 11) is 1.61. The summed E-state index contributed by atoms with van der Waals surface area (Å²) in [6, 6.07) is 15.1. The van der Waals surface area contributed by atoms with Gasteiger partial charge in [-0.25, -0.2) is 9.78 Å². The standard InChI is InChI=1S/C20H24N4O2/c1-26-16-12-10-15(11-13-16)22-20(25)21-14-6-2-3-9-19-23-17-7-4-5-8-18(17)24-19/h4-5,7-8,10-13H,2-3,6,9,14H2,1H3,(H,23,24)(H2,21,22,25). The van der Waals surface area contributed by atoms with Gasteiger partial charge >= 0.3 is 6.03 Å². The van der Waals surface area contributed by atoms with Gasteiger partial charge < -0.3 is 20.4 Å². The van der Waals surface area contributed by atoms with E-state index in [0.717, 1.165) is 54.0 Å². The van der Waals surface area contributed by atoms with Crippen molar-refractivity contribution in [2.24, 2.45) is 0 Å². The third kappa shape index (κ3) is 4.99. The maximum Gasteiger partial charge on any atom is 0.319 e. The molecule has 6 nitrogen and oxygen atoms in total. The number of carbonyl (C=O) groups excluding carboxylic acids is 1. The third-order valence-corrected chi connectivity index (χ3v) is 4.16. The number of fused-ring (bicyclic) bond motifs is 1. The molecule has 3 N–H and O–H groups in total. The van der Waals surface area contributed by atoms with Crippen LogP contribution in [0.5, 0.6) is 5.75 Å². The van der Waals surface area contributed by atoms with Crippen molar-refractivity contribution in [2.45, 2.75) is 25.7 Å². The van der Waals surface area contributed by atoms with Crippen LogP contribution < -0.4 is 15.4 Å². The van der Waals surface area contributed by atoms with Crippen molar-refractivity contribution >= 4 is 22.8 Å². The Bertz CT molecular complexity index is 809. The molecule has 0 atom stereocenters. The molecule has 6 heteroatoms. The van der Waals surface area contributed by atoms with Crippen molar-refractivity contribution < 1.29 is 9.53 Å². The largest absolute Gasteiger partial charge is 0.497 e. The number of amides is 2. The molecule has 0 fully saturated rings. The first-order valence-electron chi connectivity index (χ1n) is 8.87. The van der Waals surface area contributed by atoms with Crippen LogP contribution in [0, 0.1) is 0 Å². The highest BCUT2D eigenvalue weighted by atomic mass is 16.5. The van der Waals surface area contributed by atoms with E-state index in [2.05, 4.69) is 20.6 Å². The zero-order valence-corrected chi connectivity index (χ0v) is 14.9. The van der Waals surface area contributed by atoms with Crippen LogP contribution >= 0.6 is 0 Å². The number of H-pyrrole nitrogens is 1. The van der Waals surface area contributed by atoms with E-state index in [1.807, 2.05) is 48.5 Å². The summed E-state index contributed by atoms with van der Waals surface area (Å²) in [5, 5.41) is 5.68. The van der Waals surface area contributed by atoms with Gasteiger partial charge in [0.15, 0.2) is 0 Å². The van der Waals surface area contributed by atoms with Crippen molar-refractivity contribution in [3.8, 4) is 5.75 Å². The highest BCUT2D eigenvalue weighted by molar-refractivity contribution is 5.89. The molecule has 3 rings (SSSR count). The van der Waals surface area contributed by atoms with Crippen LogP contribution in [0.3, 0.4) is 0 Å². The summed E-state index contributed by atoms with van der Waals surface area (Å²) in [6.07, 6.45) is 3.95. The maximum atomic E-state index is 11.9. The van der Waals surface area contributed by atoms with Gasteiger partial charge in [-0.3, -0.25) is 0 Å². The Kier molecular flexibility index (Phi) is 6.09. The van der Waals surface area contributed by atoms with Crippen molar-refractivity contribution in [2.75, 3.05) is 19.0 Å². The van der Waals surface area contributed by atoms with Crippen LogP contribution in [0.25, 0.3) is 11.0 Å². The van der Waals surface area contributed by atoms with E-state index in [-0.39, 0.29) is 6.03 Å². The molecule has 0 saturated heterocycles. The number of hydrogen-bond donors (Lipinski definition) is 3. The molecule has 26 heavy (non-hydrogen) atoms. The molecular formula is C20H24N4O2. The molecule has 1 heterocycles. The first-order chi connectivity index (χ1) is 12.7. The minimum Gasteiger partial charge on any atom is -0.497 e. The number of aromatic amines is 1. The molecule has 2 aromatic carbocycles. The third-order valence-electron chi connectivity index (χ3n) is 4.16. The number of nitrogens with one attached hydrogen (secondary N) is 3. The molecule has 1 aromatic heterocycles. The molecule has 136 valence electrons. The lowest BCUT2D eigenvalue weighted by Crippen LogP contribution is -2.29. The van der Waals surface area contributed by atoms with Crippen molar-refractivity contribution in [3.05, 3.63) is 54.4 Å². The number of para-hydroxylation sites is 2. The number of hydrogen-bond acceptors (Lipinski definition) is 3. The summed E-state index contributed by atoms with van der Waals surface area (Å²) >= 11 is 0. The quantitative estimate of drug-likeness (QED) is 0.534. The Hall–Kier alpha value is -3.02. The minimum atomic E-state index is -0.188. The fraction of sp³-hybridized carbons (Fsp3) is 0.300. The Morgan fingerprint density at radius 3 is 2.65 bits per heavy atom. The topological polar surface area (TPSA) is 79.0 Å². The molecule has 0 saturated carbocycles. The highest BCUT2D eigenvalue weighted by Gasteiger charge is 2.03. The summed E-state index contributed by atoms with van der Waals surface area (Å²) in [5.74, 6) is 1.79. The van der Waals surface area contributed by atoms with Crippen LogP contribution in [-0.2, 0) is 6.42 Å². The van der Waals surface area contributed by atoms with Gasteiger partial charge in [-0.15, -0.1) is 0 Å². The van der Waals surface area contributed by atoms with Crippen LogP contribution in [0.1, 0.15) is 25.1 Å². The second kappa shape index (κ2) is 8.89. The highest BCUT2D eigenvalue weighted by Crippen LogP contribution is 2.15. The number of aryl methyl sites for hydroxylation is 1. The van der Waals surface area contributed by atoms with Crippen LogP contribution in [0.2, 0.25) is 0 Å². The van der Waals surface area contributed by atoms with Gasteiger partial charge in [0.2, 0.25) is 0 Å². The Balaban J connectivity index is 1.30. The molecule has 0 aliphatic heterocycles. The average Bonchev–Trinajstić information content (AvgIpc) is 3.08. The molecule has 0 aliphatic rings. The molecule has 0 aliphatic carbocycles. The van der Waals surface area contributed by atoms with Crippen LogP contribution in [0.4, 0.5) is 10.5 Å². The number of benzene rings is 2. The SMILES string of the molecule is COc1ccc(NC(=O)NCCCCCc2nc3ccccc3[nH]2)cc1. The van der Waals surface area contributed by atoms with E-state index in [9.17, 15) is 4.79 Å². The predicted molar refractivity (Wildman–Crippen MR) is 104 cm³/mol. The number of rotatable bonds is 8. The number of imidazole rings is 1. The summed E-state index contributed by atoms with van der Waals surface area (Å²) < 4.78 is 5.09. The van der Waals surface area contributed by atoms with E-state index in [0.29, 0.717) is 6.54 Å². The van der Waals surface area contributed by atoms with E-state index >= 15 is 0 Å². The van der Waals surface area contributed by atoms with Gasteiger partial charge in [0.1, 0.15) is 11.6 Å². The summed E-state index contributed by atoms with van der Waals surface area (Å²) in [4.78, 5) is 19.8. The molecule has 2 amide bonds. The van der Waals surface area contributed by atoms with Gasteiger partial charge in [-0.2, -0.15) is 0 Å². The van der Waals surface area contributed by atoms with Crippen LogP contribution in [0.15, 0.2) is 48.5 Å². The van der Waals surface area contributed by atoms with Gasteiger partial charge in [0.25, 0.3) is 0 Å². The lowest BCUT2D eigenvalue weighted by Gasteiger charge is -2.08. The van der Waals surface area contributed by atoms with Gasteiger partial charge in [-0.1, -0.05) is 18.6 Å². The van der Waals surface area contributed by atoms with Crippen LogP contribution in [-0.4, -0.2) is 29.7 Å². The second-order valence-electron chi connectivity index (χ2n) is 6.12. The first-order valence-corrected chi connectivity index (χ1v) is 8.87. The normalized spacial score (nSPS) is 10.7. The van der Waals surface area contributed by atoms with Gasteiger partial charge in [0.05, 0.1) is 18.1 Å². The molecule has 3 aromatic rings. The molecule has 0 bridgehead atoms. The molecular weight excluding hydrogens is 328 g/mol. The summed E-state index contributed by atoms with van der Waals surface area (Å²) in [5.41, 5.74) is 2.84. The van der Waals surface area contributed by atoms with E-state index in [4.69, 9.17) is 4.74 Å². The molecule has 0 radical (unpaired) electrons. The van der Waals surface area contributed by atoms with Gasteiger partial charge in [-0.05, 0) is 49.2 Å². The minimum absolute atomic E-state index is 0.188. The van der Waals surface area contributed by atoms with E-state index < -0.39 is 0 Å². The van der Waals surface area contributed by atoms with Gasteiger partial charge in [0, 0.05) is 18.7 Å². The number of nitrogens with zero attached hydrogens (tertiary/aromatic N) is 1. The van der Waals surface area contributed by atoms with Crippen molar-refractivity contribution in [1.82, 2.24) is 15.3 Å². The molecule has 0 spiro atoms. The number of urea groups is 1. The Morgan fingerprint density at radius 1 is 1.08 bits per heavy atom. The zero-order valence-electron chi connectivity index (χ0n) is 14.9. The number of anilines is 1.